The third-order valence-electron chi connectivity index (χ3n) is 4.48. The van der Waals surface area contributed by atoms with Crippen LogP contribution in [-0.4, -0.2) is 34.7 Å². The van der Waals surface area contributed by atoms with Gasteiger partial charge in [0.15, 0.2) is 0 Å². The predicted molar refractivity (Wildman–Crippen MR) is 86.4 cm³/mol. The second kappa shape index (κ2) is 6.86. The Morgan fingerprint density at radius 1 is 1.25 bits per heavy atom. The van der Waals surface area contributed by atoms with Gasteiger partial charge in [0.05, 0.1) is 31.6 Å². The molecule has 1 aromatic heterocycles. The van der Waals surface area contributed by atoms with Crippen LogP contribution >= 0.6 is 0 Å². The number of benzene rings is 1. The van der Waals surface area contributed by atoms with Gasteiger partial charge in [0, 0.05) is 0 Å². The summed E-state index contributed by atoms with van der Waals surface area (Å²) in [5, 5.41) is 0. The molecule has 1 aliphatic rings. The van der Waals surface area contributed by atoms with Crippen molar-refractivity contribution in [3.05, 3.63) is 54.1 Å². The Labute approximate surface area is 140 Å². The van der Waals surface area contributed by atoms with Gasteiger partial charge < -0.3 is 14.0 Å². The molecule has 0 N–H and O–H groups in total. The van der Waals surface area contributed by atoms with E-state index in [1.807, 2.05) is 37.3 Å². The van der Waals surface area contributed by atoms with Crippen LogP contribution in [0.2, 0.25) is 0 Å². The fraction of sp³-hybridized carbons (Fsp3) is 0.389. The molecule has 0 radical (unpaired) electrons. The van der Waals surface area contributed by atoms with Crippen molar-refractivity contribution in [1.82, 2.24) is 9.55 Å². The summed E-state index contributed by atoms with van der Waals surface area (Å²) < 4.78 is 12.0. The smallest absolute Gasteiger partial charge is 0.356 e. The zero-order chi connectivity index (χ0) is 17.1. The van der Waals surface area contributed by atoms with Crippen LogP contribution in [-0.2, 0) is 14.3 Å². The summed E-state index contributed by atoms with van der Waals surface area (Å²) in [5.41, 5.74) is 1.49. The SMILES string of the molecule is COC(=O)[C@H]1C[C@H](OC(=O)c2cncn2C(C)c2ccccc2)C1. The summed E-state index contributed by atoms with van der Waals surface area (Å²) in [7, 11) is 1.37. The molecule has 1 atom stereocenters. The van der Waals surface area contributed by atoms with E-state index >= 15 is 0 Å². The topological polar surface area (TPSA) is 70.4 Å². The fourth-order valence-electron chi connectivity index (χ4n) is 2.90. The molecule has 1 unspecified atom stereocenters. The van der Waals surface area contributed by atoms with E-state index in [1.165, 1.54) is 13.3 Å². The van der Waals surface area contributed by atoms with Crippen molar-refractivity contribution >= 4 is 11.9 Å². The highest BCUT2D eigenvalue weighted by Crippen LogP contribution is 2.32. The van der Waals surface area contributed by atoms with E-state index in [2.05, 4.69) is 9.72 Å². The van der Waals surface area contributed by atoms with Crippen LogP contribution in [0.5, 0.6) is 0 Å². The third-order valence-corrected chi connectivity index (χ3v) is 4.48. The molecule has 2 aromatic rings. The highest BCUT2D eigenvalue weighted by Gasteiger charge is 2.38. The maximum atomic E-state index is 12.4. The minimum absolute atomic E-state index is 0.0274. The van der Waals surface area contributed by atoms with Gasteiger partial charge in [-0.25, -0.2) is 9.78 Å². The largest absolute Gasteiger partial charge is 0.469 e. The fourth-order valence-corrected chi connectivity index (χ4v) is 2.90. The Bertz CT molecular complexity index is 720. The number of ether oxygens (including phenoxy) is 2. The van der Waals surface area contributed by atoms with Crippen LogP contribution in [0.25, 0.3) is 0 Å². The maximum absolute atomic E-state index is 12.4. The normalized spacial score (nSPS) is 20.8. The number of nitrogens with zero attached hydrogens (tertiary/aromatic N) is 2. The molecule has 1 aromatic carbocycles. The average Bonchev–Trinajstić information content (AvgIpc) is 3.06. The van der Waals surface area contributed by atoms with Crippen molar-refractivity contribution in [2.75, 3.05) is 7.11 Å². The number of methoxy groups -OCH3 is 1. The Morgan fingerprint density at radius 2 is 1.96 bits per heavy atom. The summed E-state index contributed by atoms with van der Waals surface area (Å²) in [4.78, 5) is 27.9. The zero-order valence-electron chi connectivity index (χ0n) is 13.7. The minimum Gasteiger partial charge on any atom is -0.469 e. The van der Waals surface area contributed by atoms with Crippen LogP contribution in [0.15, 0.2) is 42.9 Å². The van der Waals surface area contributed by atoms with Gasteiger partial charge in [0.25, 0.3) is 0 Å². The van der Waals surface area contributed by atoms with Crippen molar-refractivity contribution in [2.45, 2.75) is 31.9 Å². The van der Waals surface area contributed by atoms with Gasteiger partial charge in [-0.3, -0.25) is 4.79 Å². The van der Waals surface area contributed by atoms with Gasteiger partial charge in [0.2, 0.25) is 0 Å². The molecule has 6 nitrogen and oxygen atoms in total. The summed E-state index contributed by atoms with van der Waals surface area (Å²) in [5.74, 6) is -0.824. The third kappa shape index (κ3) is 3.18. The Hall–Kier alpha value is -2.63. The zero-order valence-corrected chi connectivity index (χ0v) is 13.7. The minimum atomic E-state index is -0.413. The molecule has 1 fully saturated rings. The number of imidazole rings is 1. The van der Waals surface area contributed by atoms with Crippen molar-refractivity contribution in [1.29, 1.82) is 0 Å². The maximum Gasteiger partial charge on any atom is 0.356 e. The first kappa shape index (κ1) is 16.2. The number of hydrogen-bond acceptors (Lipinski definition) is 5. The summed E-state index contributed by atoms with van der Waals surface area (Å²) >= 11 is 0. The van der Waals surface area contributed by atoms with Crippen LogP contribution in [0.1, 0.15) is 41.9 Å². The molecule has 126 valence electrons. The lowest BCUT2D eigenvalue weighted by Gasteiger charge is -2.32. The molecule has 1 saturated carbocycles. The van der Waals surface area contributed by atoms with Gasteiger partial charge in [-0.15, -0.1) is 0 Å². The molecule has 0 amide bonds. The molecule has 1 aliphatic carbocycles. The van der Waals surface area contributed by atoms with E-state index in [-0.39, 0.29) is 24.0 Å². The molecule has 1 heterocycles. The van der Waals surface area contributed by atoms with E-state index in [9.17, 15) is 9.59 Å². The Morgan fingerprint density at radius 3 is 2.62 bits per heavy atom. The van der Waals surface area contributed by atoms with E-state index < -0.39 is 5.97 Å². The first-order valence-electron chi connectivity index (χ1n) is 7.95. The van der Waals surface area contributed by atoms with Crippen LogP contribution < -0.4 is 0 Å². The molecular weight excluding hydrogens is 308 g/mol. The number of carbonyl (C=O) groups is 2. The second-order valence-corrected chi connectivity index (χ2v) is 5.99. The number of carbonyl (C=O) groups excluding carboxylic acids is 2. The monoisotopic (exact) mass is 328 g/mol. The van der Waals surface area contributed by atoms with Crippen molar-refractivity contribution in [3.8, 4) is 0 Å². The molecule has 0 aliphatic heterocycles. The molecule has 6 heteroatoms. The molecule has 0 saturated heterocycles. The Kier molecular flexibility index (Phi) is 4.64. The van der Waals surface area contributed by atoms with Gasteiger partial charge >= 0.3 is 11.9 Å². The highest BCUT2D eigenvalue weighted by molar-refractivity contribution is 5.87. The van der Waals surface area contributed by atoms with Crippen molar-refractivity contribution in [2.24, 2.45) is 5.92 Å². The van der Waals surface area contributed by atoms with Crippen LogP contribution in [0.3, 0.4) is 0 Å². The lowest BCUT2D eigenvalue weighted by Crippen LogP contribution is -2.38. The van der Waals surface area contributed by atoms with E-state index in [4.69, 9.17) is 4.74 Å². The summed E-state index contributed by atoms with van der Waals surface area (Å²) in [6.07, 6.45) is 3.93. The Balaban J connectivity index is 1.65. The standard InChI is InChI=1S/C18H20N2O4/c1-12(13-6-4-3-5-7-13)20-11-19-10-16(20)18(22)24-15-8-14(9-15)17(21)23-2/h3-7,10-12,14-15H,8-9H2,1-2H3/t12?,14-,15-. The van der Waals surface area contributed by atoms with E-state index in [0.717, 1.165) is 5.56 Å². The molecule has 24 heavy (non-hydrogen) atoms. The van der Waals surface area contributed by atoms with Gasteiger partial charge in [0.1, 0.15) is 11.8 Å². The predicted octanol–water partition coefficient (Wildman–Crippen LogP) is 2.60. The van der Waals surface area contributed by atoms with Gasteiger partial charge in [-0.05, 0) is 25.3 Å². The van der Waals surface area contributed by atoms with E-state index in [0.29, 0.717) is 18.5 Å². The molecule has 0 spiro atoms. The van der Waals surface area contributed by atoms with E-state index in [1.54, 1.807) is 10.9 Å². The van der Waals surface area contributed by atoms with Crippen molar-refractivity contribution < 1.29 is 19.1 Å². The van der Waals surface area contributed by atoms with Gasteiger partial charge in [-0.2, -0.15) is 0 Å². The average molecular weight is 328 g/mol. The first-order chi connectivity index (χ1) is 11.6. The summed E-state index contributed by atoms with van der Waals surface area (Å²) in [6, 6.07) is 9.86. The number of esters is 2. The quantitative estimate of drug-likeness (QED) is 0.789. The second-order valence-electron chi connectivity index (χ2n) is 5.99. The number of rotatable bonds is 5. The summed E-state index contributed by atoms with van der Waals surface area (Å²) in [6.45, 7) is 2.00. The van der Waals surface area contributed by atoms with Crippen molar-refractivity contribution in [3.63, 3.8) is 0 Å². The molecular formula is C18H20N2O4. The molecule has 0 bridgehead atoms. The first-order valence-corrected chi connectivity index (χ1v) is 7.95. The lowest BCUT2D eigenvalue weighted by atomic mass is 9.82. The number of hydrogen-bond donors (Lipinski definition) is 0. The van der Waals surface area contributed by atoms with Crippen LogP contribution in [0.4, 0.5) is 0 Å². The van der Waals surface area contributed by atoms with Gasteiger partial charge in [-0.1, -0.05) is 30.3 Å². The van der Waals surface area contributed by atoms with Crippen LogP contribution in [0, 0.1) is 5.92 Å². The highest BCUT2D eigenvalue weighted by atomic mass is 16.5. The lowest BCUT2D eigenvalue weighted by molar-refractivity contribution is -0.152. The molecule has 3 rings (SSSR count). The number of aromatic nitrogens is 2.